The van der Waals surface area contributed by atoms with E-state index in [9.17, 15) is 18.3 Å². The summed E-state index contributed by atoms with van der Waals surface area (Å²) < 4.78 is 33.9. The van der Waals surface area contributed by atoms with Gasteiger partial charge in [-0.25, -0.2) is 0 Å². The van der Waals surface area contributed by atoms with Gasteiger partial charge in [0.15, 0.2) is 0 Å². The molecule has 1 fully saturated rings. The first-order valence-corrected chi connectivity index (χ1v) is 8.28. The van der Waals surface area contributed by atoms with Crippen molar-refractivity contribution in [2.75, 3.05) is 13.1 Å². The molecule has 2 N–H and O–H groups in total. The highest BCUT2D eigenvalue weighted by atomic mass is 32.2. The molecule has 1 heterocycles. The van der Waals surface area contributed by atoms with Crippen molar-refractivity contribution in [1.82, 2.24) is 9.03 Å². The van der Waals surface area contributed by atoms with Crippen LogP contribution in [0.1, 0.15) is 40.5 Å². The Morgan fingerprint density at radius 1 is 1.30 bits per heavy atom. The standard InChI is InChI=1S/C12H24N2O5S/c1-5-12(6-2,11(15)16)13-20(17,18)14-7-9(3)19-10(4)8-14/h9-10,13H,5-8H2,1-4H3,(H,15,16). The minimum Gasteiger partial charge on any atom is -0.480 e. The van der Waals surface area contributed by atoms with Crippen LogP contribution in [0.15, 0.2) is 0 Å². The number of carboxylic acids is 1. The van der Waals surface area contributed by atoms with Gasteiger partial charge in [0.05, 0.1) is 12.2 Å². The van der Waals surface area contributed by atoms with E-state index in [1.807, 2.05) is 0 Å². The number of carboxylic acid groups (broad SMARTS) is 1. The fourth-order valence-electron chi connectivity index (χ4n) is 2.38. The summed E-state index contributed by atoms with van der Waals surface area (Å²) in [7, 11) is -3.85. The van der Waals surface area contributed by atoms with Gasteiger partial charge in [-0.15, -0.1) is 0 Å². The molecular formula is C12H24N2O5S. The van der Waals surface area contributed by atoms with Gasteiger partial charge in [0.2, 0.25) is 0 Å². The molecule has 2 unspecified atom stereocenters. The normalized spacial score (nSPS) is 25.6. The Bertz CT molecular complexity index is 437. The second-order valence-electron chi connectivity index (χ2n) is 5.28. The summed E-state index contributed by atoms with van der Waals surface area (Å²) in [6, 6.07) is 0. The monoisotopic (exact) mass is 308 g/mol. The van der Waals surface area contributed by atoms with Crippen LogP contribution in [0.4, 0.5) is 0 Å². The van der Waals surface area contributed by atoms with Gasteiger partial charge in [-0.1, -0.05) is 13.8 Å². The number of nitrogens with one attached hydrogen (secondary N) is 1. The Morgan fingerprint density at radius 3 is 2.10 bits per heavy atom. The molecule has 8 heteroatoms. The molecule has 0 spiro atoms. The fraction of sp³-hybridized carbons (Fsp3) is 0.917. The molecule has 0 saturated carbocycles. The Balaban J connectivity index is 2.96. The van der Waals surface area contributed by atoms with E-state index < -0.39 is 21.7 Å². The summed E-state index contributed by atoms with van der Waals surface area (Å²) in [4.78, 5) is 11.4. The van der Waals surface area contributed by atoms with Crippen LogP contribution in [0, 0.1) is 0 Å². The number of hydrogen-bond acceptors (Lipinski definition) is 4. The van der Waals surface area contributed by atoms with Crippen LogP contribution in [0.2, 0.25) is 0 Å². The van der Waals surface area contributed by atoms with Crippen molar-refractivity contribution in [1.29, 1.82) is 0 Å². The Kier molecular flexibility index (Phi) is 5.54. The number of nitrogens with zero attached hydrogens (tertiary/aromatic N) is 1. The van der Waals surface area contributed by atoms with Gasteiger partial charge in [0.1, 0.15) is 5.54 Å². The van der Waals surface area contributed by atoms with Gasteiger partial charge in [-0.05, 0) is 26.7 Å². The summed E-state index contributed by atoms with van der Waals surface area (Å²) in [5.41, 5.74) is -1.45. The molecule has 7 nitrogen and oxygen atoms in total. The fourth-order valence-corrected chi connectivity index (χ4v) is 4.19. The summed E-state index contributed by atoms with van der Waals surface area (Å²) in [5, 5.41) is 9.32. The van der Waals surface area contributed by atoms with Crippen LogP contribution in [-0.4, -0.2) is 54.6 Å². The molecule has 0 aromatic rings. The van der Waals surface area contributed by atoms with Crippen molar-refractivity contribution in [3.05, 3.63) is 0 Å². The molecule has 0 radical (unpaired) electrons. The smallest absolute Gasteiger partial charge is 0.324 e. The third kappa shape index (κ3) is 3.69. The first kappa shape index (κ1) is 17.4. The third-order valence-corrected chi connectivity index (χ3v) is 5.29. The minimum absolute atomic E-state index is 0.188. The van der Waals surface area contributed by atoms with Crippen LogP contribution in [0.3, 0.4) is 0 Å². The van der Waals surface area contributed by atoms with E-state index in [1.165, 1.54) is 4.31 Å². The predicted molar refractivity (Wildman–Crippen MR) is 74.6 cm³/mol. The maximum Gasteiger partial charge on any atom is 0.324 e. The molecule has 1 aliphatic rings. The SMILES string of the molecule is CCC(CC)(NS(=O)(=O)N1CC(C)OC(C)C1)C(=O)O. The van der Waals surface area contributed by atoms with Gasteiger partial charge in [0.25, 0.3) is 10.2 Å². The second-order valence-corrected chi connectivity index (χ2v) is 6.95. The zero-order valence-corrected chi connectivity index (χ0v) is 13.2. The van der Waals surface area contributed by atoms with E-state index in [0.29, 0.717) is 0 Å². The predicted octanol–water partition coefficient (Wildman–Crippen LogP) is 0.573. The Morgan fingerprint density at radius 2 is 1.75 bits per heavy atom. The molecule has 2 atom stereocenters. The number of hydrogen-bond donors (Lipinski definition) is 2. The van der Waals surface area contributed by atoms with Crippen LogP contribution in [-0.2, 0) is 19.7 Å². The van der Waals surface area contributed by atoms with E-state index in [4.69, 9.17) is 4.74 Å². The number of carbonyl (C=O) groups is 1. The van der Waals surface area contributed by atoms with Gasteiger partial charge in [-0.3, -0.25) is 4.79 Å². The molecule has 1 rings (SSSR count). The van der Waals surface area contributed by atoms with Crippen molar-refractivity contribution < 1.29 is 23.1 Å². The minimum atomic E-state index is -3.85. The van der Waals surface area contributed by atoms with Crippen molar-refractivity contribution >= 4 is 16.2 Å². The zero-order valence-electron chi connectivity index (χ0n) is 12.4. The van der Waals surface area contributed by atoms with Crippen LogP contribution < -0.4 is 4.72 Å². The zero-order chi connectivity index (χ0) is 15.6. The van der Waals surface area contributed by atoms with Crippen LogP contribution in [0.5, 0.6) is 0 Å². The summed E-state index contributed by atoms with van der Waals surface area (Å²) in [6.07, 6.45) is -0.0447. The quantitative estimate of drug-likeness (QED) is 0.748. The lowest BCUT2D eigenvalue weighted by atomic mass is 9.95. The van der Waals surface area contributed by atoms with Gasteiger partial charge >= 0.3 is 5.97 Å². The summed E-state index contributed by atoms with van der Waals surface area (Å²) in [5.74, 6) is -1.15. The highest BCUT2D eigenvalue weighted by Gasteiger charge is 2.42. The van der Waals surface area contributed by atoms with E-state index in [-0.39, 0.29) is 38.1 Å². The number of ether oxygens (including phenoxy) is 1. The van der Waals surface area contributed by atoms with E-state index in [2.05, 4.69) is 4.72 Å². The van der Waals surface area contributed by atoms with Gasteiger partial charge < -0.3 is 9.84 Å². The second kappa shape index (κ2) is 6.38. The number of rotatable bonds is 6. The highest BCUT2D eigenvalue weighted by Crippen LogP contribution is 2.20. The lowest BCUT2D eigenvalue weighted by Gasteiger charge is -2.37. The maximum atomic E-state index is 12.4. The molecular weight excluding hydrogens is 284 g/mol. The number of morpholine rings is 1. The largest absolute Gasteiger partial charge is 0.480 e. The molecule has 20 heavy (non-hydrogen) atoms. The number of aliphatic carboxylic acids is 1. The lowest BCUT2D eigenvalue weighted by Crippen LogP contribution is -2.60. The molecule has 1 saturated heterocycles. The van der Waals surface area contributed by atoms with Crippen molar-refractivity contribution in [3.63, 3.8) is 0 Å². The highest BCUT2D eigenvalue weighted by molar-refractivity contribution is 7.87. The first-order chi connectivity index (χ1) is 9.16. The third-order valence-electron chi connectivity index (χ3n) is 3.67. The topological polar surface area (TPSA) is 95.9 Å². The Labute approximate surface area is 120 Å². The molecule has 0 bridgehead atoms. The average molecular weight is 308 g/mol. The maximum absolute atomic E-state index is 12.4. The average Bonchev–Trinajstić information content (AvgIpc) is 2.34. The van der Waals surface area contributed by atoms with E-state index in [1.54, 1.807) is 27.7 Å². The van der Waals surface area contributed by atoms with Crippen LogP contribution in [0.25, 0.3) is 0 Å². The lowest BCUT2D eigenvalue weighted by molar-refractivity contribution is -0.144. The van der Waals surface area contributed by atoms with Crippen LogP contribution >= 0.6 is 0 Å². The van der Waals surface area contributed by atoms with Crippen molar-refractivity contribution in [2.24, 2.45) is 0 Å². The van der Waals surface area contributed by atoms with Gasteiger partial charge in [-0.2, -0.15) is 17.4 Å². The van der Waals surface area contributed by atoms with Crippen molar-refractivity contribution in [3.8, 4) is 0 Å². The van der Waals surface area contributed by atoms with E-state index in [0.717, 1.165) is 0 Å². The molecule has 118 valence electrons. The molecule has 0 aliphatic carbocycles. The molecule has 1 aliphatic heterocycles. The first-order valence-electron chi connectivity index (χ1n) is 6.84. The molecule has 0 amide bonds. The summed E-state index contributed by atoms with van der Waals surface area (Å²) in [6.45, 7) is 7.35. The summed E-state index contributed by atoms with van der Waals surface area (Å²) >= 11 is 0. The van der Waals surface area contributed by atoms with Crippen molar-refractivity contribution in [2.45, 2.75) is 58.3 Å². The molecule has 0 aromatic carbocycles. The Hall–Kier alpha value is -0.700. The van der Waals surface area contributed by atoms with E-state index >= 15 is 0 Å². The molecule has 0 aromatic heterocycles. The van der Waals surface area contributed by atoms with Gasteiger partial charge in [0, 0.05) is 13.1 Å².